The van der Waals surface area contributed by atoms with Gasteiger partial charge < -0.3 is 20.9 Å². The third-order valence-corrected chi connectivity index (χ3v) is 4.51. The summed E-state index contributed by atoms with van der Waals surface area (Å²) in [7, 11) is 0. The van der Waals surface area contributed by atoms with Crippen molar-refractivity contribution in [2.45, 2.75) is 32.2 Å². The molecule has 1 aliphatic carbocycles. The number of hydrogen-bond donors (Lipinski definition) is 3. The monoisotopic (exact) mass is 485 g/mol. The van der Waals surface area contributed by atoms with E-state index in [1.165, 1.54) is 0 Å². The molecule has 7 nitrogen and oxygen atoms in total. The molecule has 3 rings (SSSR count). The lowest BCUT2D eigenvalue weighted by Gasteiger charge is -2.19. The standard InChI is InChI=1S/C19H27N5O2.HI/c1-2-20-19(22-11-10-21-18(26)14-8-9-14)23-15-12-17(25)24(13-15)16-6-4-3-5-7-16;/h3-7,14-15H,2,8-13H2,1H3,(H,21,26)(H2,20,22,23);1H. The Morgan fingerprint density at radius 2 is 1.96 bits per heavy atom. The fourth-order valence-electron chi connectivity index (χ4n) is 3.01. The first-order valence-electron chi connectivity index (χ1n) is 9.35. The molecule has 8 heteroatoms. The molecule has 2 amide bonds. The Morgan fingerprint density at radius 3 is 2.63 bits per heavy atom. The molecule has 1 aliphatic heterocycles. The van der Waals surface area contributed by atoms with Crippen molar-refractivity contribution in [1.82, 2.24) is 16.0 Å². The van der Waals surface area contributed by atoms with Crippen LogP contribution in [0.15, 0.2) is 35.3 Å². The van der Waals surface area contributed by atoms with E-state index >= 15 is 0 Å². The number of aliphatic imine (C=N–C) groups is 1. The van der Waals surface area contributed by atoms with Crippen LogP contribution >= 0.6 is 24.0 Å². The molecular formula is C19H28IN5O2. The Morgan fingerprint density at radius 1 is 1.22 bits per heavy atom. The summed E-state index contributed by atoms with van der Waals surface area (Å²) in [6.07, 6.45) is 2.46. The maximum absolute atomic E-state index is 12.3. The molecule has 3 N–H and O–H groups in total. The minimum atomic E-state index is 0. The van der Waals surface area contributed by atoms with E-state index in [4.69, 9.17) is 0 Å². The Hall–Kier alpha value is -1.84. The van der Waals surface area contributed by atoms with E-state index in [1.54, 1.807) is 4.90 Å². The minimum Gasteiger partial charge on any atom is -0.357 e. The molecular weight excluding hydrogens is 457 g/mol. The molecule has 0 aromatic heterocycles. The summed E-state index contributed by atoms with van der Waals surface area (Å²) < 4.78 is 0. The number of rotatable bonds is 7. The van der Waals surface area contributed by atoms with Crippen LogP contribution < -0.4 is 20.9 Å². The average Bonchev–Trinajstić information content (AvgIpc) is 3.43. The molecule has 0 spiro atoms. The van der Waals surface area contributed by atoms with E-state index < -0.39 is 0 Å². The van der Waals surface area contributed by atoms with Crippen LogP contribution in [0.25, 0.3) is 0 Å². The van der Waals surface area contributed by atoms with Gasteiger partial charge in [-0.2, -0.15) is 0 Å². The van der Waals surface area contributed by atoms with Gasteiger partial charge in [0, 0.05) is 37.7 Å². The molecule has 1 unspecified atom stereocenters. The number of nitrogens with zero attached hydrogens (tertiary/aromatic N) is 2. The van der Waals surface area contributed by atoms with Crippen LogP contribution in [0.3, 0.4) is 0 Å². The zero-order chi connectivity index (χ0) is 18.4. The van der Waals surface area contributed by atoms with Gasteiger partial charge in [0.05, 0.1) is 12.6 Å². The lowest BCUT2D eigenvalue weighted by atomic mass is 10.2. The highest BCUT2D eigenvalue weighted by atomic mass is 127. The van der Waals surface area contributed by atoms with Gasteiger partial charge in [0.15, 0.2) is 5.96 Å². The van der Waals surface area contributed by atoms with Crippen LogP contribution in [-0.4, -0.2) is 50.0 Å². The largest absolute Gasteiger partial charge is 0.357 e. The Kier molecular flexibility index (Phi) is 8.33. The van der Waals surface area contributed by atoms with Crippen LogP contribution in [0.1, 0.15) is 26.2 Å². The van der Waals surface area contributed by atoms with Crippen molar-refractivity contribution >= 4 is 47.4 Å². The topological polar surface area (TPSA) is 85.8 Å². The number of halogens is 1. The zero-order valence-corrected chi connectivity index (χ0v) is 17.9. The number of anilines is 1. The van der Waals surface area contributed by atoms with Crippen LogP contribution in [0.5, 0.6) is 0 Å². The molecule has 1 saturated carbocycles. The van der Waals surface area contributed by atoms with Crippen LogP contribution in [0.4, 0.5) is 5.69 Å². The second kappa shape index (κ2) is 10.5. The van der Waals surface area contributed by atoms with Gasteiger partial charge in [-0.15, -0.1) is 24.0 Å². The van der Waals surface area contributed by atoms with Gasteiger partial charge in [0.1, 0.15) is 0 Å². The molecule has 1 aromatic carbocycles. The molecule has 0 bridgehead atoms. The molecule has 0 radical (unpaired) electrons. The predicted octanol–water partition coefficient (Wildman–Crippen LogP) is 1.49. The number of carbonyl (C=O) groups is 2. The van der Waals surface area contributed by atoms with Crippen molar-refractivity contribution in [3.05, 3.63) is 30.3 Å². The van der Waals surface area contributed by atoms with Crippen molar-refractivity contribution < 1.29 is 9.59 Å². The summed E-state index contributed by atoms with van der Waals surface area (Å²) in [6, 6.07) is 9.72. The number of amides is 2. The van der Waals surface area contributed by atoms with Gasteiger partial charge in [-0.05, 0) is 31.9 Å². The molecule has 1 aromatic rings. The summed E-state index contributed by atoms with van der Waals surface area (Å²) in [4.78, 5) is 30.2. The quantitative estimate of drug-likeness (QED) is 0.237. The lowest BCUT2D eigenvalue weighted by molar-refractivity contribution is -0.122. The van der Waals surface area contributed by atoms with Gasteiger partial charge in [-0.1, -0.05) is 18.2 Å². The second-order valence-electron chi connectivity index (χ2n) is 6.71. The van der Waals surface area contributed by atoms with Crippen LogP contribution in [0.2, 0.25) is 0 Å². The highest BCUT2D eigenvalue weighted by Crippen LogP contribution is 2.28. The summed E-state index contributed by atoms with van der Waals surface area (Å²) in [5.41, 5.74) is 0.923. The normalized spacial score (nSPS) is 19.4. The number of benzene rings is 1. The first-order chi connectivity index (χ1) is 12.7. The zero-order valence-electron chi connectivity index (χ0n) is 15.6. The second-order valence-corrected chi connectivity index (χ2v) is 6.71. The highest BCUT2D eigenvalue weighted by Gasteiger charge is 2.31. The molecule has 1 heterocycles. The van der Waals surface area contributed by atoms with E-state index in [-0.39, 0.29) is 47.8 Å². The maximum Gasteiger partial charge on any atom is 0.229 e. The fourth-order valence-corrected chi connectivity index (χ4v) is 3.01. The molecule has 148 valence electrons. The van der Waals surface area contributed by atoms with Crippen LogP contribution in [-0.2, 0) is 9.59 Å². The number of guanidine groups is 1. The fraction of sp³-hybridized carbons (Fsp3) is 0.526. The summed E-state index contributed by atoms with van der Waals surface area (Å²) in [5.74, 6) is 1.15. The van der Waals surface area contributed by atoms with E-state index in [0.29, 0.717) is 32.0 Å². The van der Waals surface area contributed by atoms with E-state index in [2.05, 4.69) is 20.9 Å². The number of para-hydroxylation sites is 1. The molecule has 2 fully saturated rings. The van der Waals surface area contributed by atoms with E-state index in [0.717, 1.165) is 25.1 Å². The first-order valence-corrected chi connectivity index (χ1v) is 9.35. The van der Waals surface area contributed by atoms with E-state index in [1.807, 2.05) is 37.3 Å². The third kappa shape index (κ3) is 6.37. The first kappa shape index (κ1) is 21.5. The summed E-state index contributed by atoms with van der Waals surface area (Å²) >= 11 is 0. The molecule has 2 aliphatic rings. The Labute approximate surface area is 177 Å². The maximum atomic E-state index is 12.3. The van der Waals surface area contributed by atoms with Crippen molar-refractivity contribution in [1.29, 1.82) is 0 Å². The molecule has 1 saturated heterocycles. The van der Waals surface area contributed by atoms with Crippen molar-refractivity contribution in [2.24, 2.45) is 10.9 Å². The summed E-state index contributed by atoms with van der Waals surface area (Å²) in [6.45, 7) is 4.40. The van der Waals surface area contributed by atoms with Crippen LogP contribution in [0, 0.1) is 5.92 Å². The average molecular weight is 485 g/mol. The lowest BCUT2D eigenvalue weighted by Crippen LogP contribution is -2.45. The predicted molar refractivity (Wildman–Crippen MR) is 117 cm³/mol. The number of carbonyl (C=O) groups excluding carboxylic acids is 2. The van der Waals surface area contributed by atoms with Crippen molar-refractivity contribution in [2.75, 3.05) is 31.1 Å². The highest BCUT2D eigenvalue weighted by molar-refractivity contribution is 14.0. The third-order valence-electron chi connectivity index (χ3n) is 4.51. The molecule has 1 atom stereocenters. The van der Waals surface area contributed by atoms with Gasteiger partial charge in [0.25, 0.3) is 0 Å². The van der Waals surface area contributed by atoms with E-state index in [9.17, 15) is 9.59 Å². The SMILES string of the molecule is CCNC(=NCCNC(=O)C1CC1)NC1CC(=O)N(c2ccccc2)C1.I. The van der Waals surface area contributed by atoms with Crippen molar-refractivity contribution in [3.8, 4) is 0 Å². The minimum absolute atomic E-state index is 0. The van der Waals surface area contributed by atoms with Gasteiger partial charge >= 0.3 is 0 Å². The molecule has 27 heavy (non-hydrogen) atoms. The Bertz CT molecular complexity index is 663. The summed E-state index contributed by atoms with van der Waals surface area (Å²) in [5, 5.41) is 9.44. The van der Waals surface area contributed by atoms with Gasteiger partial charge in [0.2, 0.25) is 11.8 Å². The Balaban J connectivity index is 0.00000261. The number of nitrogens with one attached hydrogen (secondary N) is 3. The van der Waals surface area contributed by atoms with Gasteiger partial charge in [-0.25, -0.2) is 0 Å². The number of hydrogen-bond acceptors (Lipinski definition) is 3. The van der Waals surface area contributed by atoms with Crippen molar-refractivity contribution in [3.63, 3.8) is 0 Å². The smallest absolute Gasteiger partial charge is 0.229 e. The van der Waals surface area contributed by atoms with Gasteiger partial charge in [-0.3, -0.25) is 14.6 Å².